The molecule has 8 nitrogen and oxygen atoms in total. The lowest BCUT2D eigenvalue weighted by molar-refractivity contribution is -0.173. The van der Waals surface area contributed by atoms with Gasteiger partial charge in [0, 0.05) is 12.2 Å². The number of nitrogens with zero attached hydrogens (tertiary/aromatic N) is 2. The maximum atomic E-state index is 14.9. The van der Waals surface area contributed by atoms with Crippen LogP contribution >= 0.6 is 0 Å². The standard InChI is InChI=1S/C25H28F6N4O4/c1-4-37-19(22(36)35-24(8-9-24)25(29,30)31)18-16(23-38-10-11-39-23)21(34-13(3)33-18)32-12(2)14-6-5-7-15(17(14)26)20(27)28/h5-7,12,19-20,23H,4,8-11H2,1-3H3,(H,35,36)(H,32,33,34)/t12-,19?/m1/s1. The van der Waals surface area contributed by atoms with E-state index >= 15 is 0 Å². The van der Waals surface area contributed by atoms with Crippen molar-refractivity contribution in [3.8, 4) is 0 Å². The van der Waals surface area contributed by atoms with E-state index in [-0.39, 0.29) is 61.1 Å². The van der Waals surface area contributed by atoms with Crippen LogP contribution in [0.4, 0.5) is 32.2 Å². The van der Waals surface area contributed by atoms with Crippen LogP contribution in [0.5, 0.6) is 0 Å². The van der Waals surface area contributed by atoms with Crippen LogP contribution < -0.4 is 10.6 Å². The van der Waals surface area contributed by atoms with Gasteiger partial charge >= 0.3 is 6.18 Å². The molecule has 2 atom stereocenters. The van der Waals surface area contributed by atoms with Crippen LogP contribution in [0.3, 0.4) is 0 Å². The molecular weight excluding hydrogens is 534 g/mol. The molecule has 1 amide bonds. The van der Waals surface area contributed by atoms with Crippen molar-refractivity contribution in [2.45, 2.75) is 70.2 Å². The third-order valence-corrected chi connectivity index (χ3v) is 6.53. The van der Waals surface area contributed by atoms with Gasteiger partial charge in [-0.25, -0.2) is 23.1 Å². The summed E-state index contributed by atoms with van der Waals surface area (Å²) in [6.45, 7) is 4.85. The van der Waals surface area contributed by atoms with Crippen LogP contribution in [-0.2, 0) is 19.0 Å². The molecule has 2 aliphatic rings. The fraction of sp³-hybridized carbons (Fsp3) is 0.560. The summed E-state index contributed by atoms with van der Waals surface area (Å²) in [6.07, 6.45) is -10.9. The Balaban J connectivity index is 1.75. The van der Waals surface area contributed by atoms with Crippen LogP contribution in [0.1, 0.15) is 79.8 Å². The Morgan fingerprint density at radius 3 is 2.38 bits per heavy atom. The van der Waals surface area contributed by atoms with Gasteiger partial charge in [-0.05, 0) is 33.6 Å². The van der Waals surface area contributed by atoms with Gasteiger partial charge in [0.2, 0.25) is 0 Å². The van der Waals surface area contributed by atoms with Crippen LogP contribution in [0.25, 0.3) is 0 Å². The van der Waals surface area contributed by atoms with E-state index in [1.165, 1.54) is 26.0 Å². The first-order chi connectivity index (χ1) is 18.4. The van der Waals surface area contributed by atoms with Gasteiger partial charge in [-0.3, -0.25) is 4.79 Å². The van der Waals surface area contributed by atoms with Crippen molar-refractivity contribution in [1.29, 1.82) is 0 Å². The summed E-state index contributed by atoms with van der Waals surface area (Å²) in [5.74, 6) is -2.02. The molecule has 1 aromatic heterocycles. The van der Waals surface area contributed by atoms with Gasteiger partial charge in [0.05, 0.1) is 36.1 Å². The largest absolute Gasteiger partial charge is 0.411 e. The van der Waals surface area contributed by atoms with E-state index in [4.69, 9.17) is 14.2 Å². The van der Waals surface area contributed by atoms with Crippen molar-refractivity contribution in [3.05, 3.63) is 52.2 Å². The molecule has 0 radical (unpaired) electrons. The molecular formula is C25H28F6N4O4. The minimum atomic E-state index is -4.65. The van der Waals surface area contributed by atoms with Crippen LogP contribution in [0.15, 0.2) is 18.2 Å². The lowest BCUT2D eigenvalue weighted by Gasteiger charge is -2.27. The number of rotatable bonds is 10. The molecule has 39 heavy (non-hydrogen) atoms. The monoisotopic (exact) mass is 562 g/mol. The quantitative estimate of drug-likeness (QED) is 0.376. The zero-order valence-corrected chi connectivity index (χ0v) is 21.4. The lowest BCUT2D eigenvalue weighted by atomic mass is 10.0. The number of aromatic nitrogens is 2. The van der Waals surface area contributed by atoms with Crippen molar-refractivity contribution in [1.82, 2.24) is 15.3 Å². The number of hydrogen-bond donors (Lipinski definition) is 2. The van der Waals surface area contributed by atoms with Gasteiger partial charge in [0.1, 0.15) is 23.0 Å². The first-order valence-electron chi connectivity index (χ1n) is 12.3. The Kier molecular flexibility index (Phi) is 8.38. The topological polar surface area (TPSA) is 94.6 Å². The second-order valence-electron chi connectivity index (χ2n) is 9.31. The van der Waals surface area contributed by atoms with Gasteiger partial charge in [0.15, 0.2) is 12.4 Å². The molecule has 2 aromatic rings. The van der Waals surface area contributed by atoms with E-state index in [0.29, 0.717) is 0 Å². The fourth-order valence-corrected chi connectivity index (χ4v) is 4.38. The number of anilines is 1. The number of amides is 1. The molecule has 1 aliphatic heterocycles. The maximum Gasteiger partial charge on any atom is 0.411 e. The predicted octanol–water partition coefficient (Wildman–Crippen LogP) is 5.37. The SMILES string of the molecule is CCOC(C(=O)NC1(C(F)(F)F)CC1)c1nc(C)nc(N[C@H](C)c2cccc(C(F)F)c2F)c1C1OCCO1. The summed E-state index contributed by atoms with van der Waals surface area (Å²) in [5.41, 5.74) is -3.21. The van der Waals surface area contributed by atoms with Crippen molar-refractivity contribution in [3.63, 3.8) is 0 Å². The third-order valence-electron chi connectivity index (χ3n) is 6.53. The first-order valence-corrected chi connectivity index (χ1v) is 12.3. The Hall–Kier alpha value is -2.97. The fourth-order valence-electron chi connectivity index (χ4n) is 4.38. The third kappa shape index (κ3) is 5.97. The molecule has 1 aliphatic carbocycles. The number of halogens is 6. The lowest BCUT2D eigenvalue weighted by Crippen LogP contribution is -2.50. The molecule has 2 heterocycles. The van der Waals surface area contributed by atoms with E-state index in [1.807, 2.05) is 0 Å². The summed E-state index contributed by atoms with van der Waals surface area (Å²) >= 11 is 0. The van der Waals surface area contributed by atoms with Gasteiger partial charge in [-0.1, -0.05) is 18.2 Å². The van der Waals surface area contributed by atoms with Gasteiger partial charge < -0.3 is 24.8 Å². The summed E-state index contributed by atoms with van der Waals surface area (Å²) in [5, 5.41) is 5.02. The Bertz CT molecular complexity index is 1200. The van der Waals surface area contributed by atoms with Crippen molar-refractivity contribution in [2.24, 2.45) is 0 Å². The second kappa shape index (κ2) is 11.3. The van der Waals surface area contributed by atoms with Crippen LogP contribution in [-0.4, -0.2) is 47.4 Å². The summed E-state index contributed by atoms with van der Waals surface area (Å²) in [6, 6.07) is 2.69. The highest BCUT2D eigenvalue weighted by atomic mass is 19.4. The number of aryl methyl sites for hydroxylation is 1. The number of carbonyl (C=O) groups is 1. The Morgan fingerprint density at radius 2 is 1.82 bits per heavy atom. The van der Waals surface area contributed by atoms with E-state index in [0.717, 1.165) is 6.07 Å². The molecule has 214 valence electrons. The van der Waals surface area contributed by atoms with E-state index in [1.54, 1.807) is 6.92 Å². The number of hydrogen-bond acceptors (Lipinski definition) is 7. The summed E-state index contributed by atoms with van der Waals surface area (Å²) in [7, 11) is 0. The highest BCUT2D eigenvalue weighted by Gasteiger charge is 2.64. The molecule has 14 heteroatoms. The molecule has 1 aromatic carbocycles. The van der Waals surface area contributed by atoms with E-state index in [9.17, 15) is 31.1 Å². The van der Waals surface area contributed by atoms with Crippen molar-refractivity contribution < 1.29 is 45.3 Å². The maximum absolute atomic E-state index is 14.9. The average Bonchev–Trinajstić information content (AvgIpc) is 3.45. The highest BCUT2D eigenvalue weighted by molar-refractivity contribution is 5.84. The number of carbonyl (C=O) groups excluding carboxylic acids is 1. The molecule has 1 unspecified atom stereocenters. The van der Waals surface area contributed by atoms with Gasteiger partial charge in [-0.15, -0.1) is 0 Å². The first kappa shape index (κ1) is 29.0. The van der Waals surface area contributed by atoms with Crippen molar-refractivity contribution in [2.75, 3.05) is 25.1 Å². The molecule has 0 spiro atoms. The summed E-state index contributed by atoms with van der Waals surface area (Å²) in [4.78, 5) is 21.8. The zero-order chi connectivity index (χ0) is 28.5. The molecule has 2 N–H and O–H groups in total. The van der Waals surface area contributed by atoms with E-state index < -0.39 is 53.9 Å². The predicted molar refractivity (Wildman–Crippen MR) is 125 cm³/mol. The number of nitrogens with one attached hydrogen (secondary N) is 2. The van der Waals surface area contributed by atoms with E-state index in [2.05, 4.69) is 20.6 Å². The molecule has 4 rings (SSSR count). The highest BCUT2D eigenvalue weighted by Crippen LogP contribution is 2.49. The molecule has 1 saturated heterocycles. The van der Waals surface area contributed by atoms with Crippen molar-refractivity contribution >= 4 is 11.7 Å². The minimum Gasteiger partial charge on any atom is -0.363 e. The second-order valence-corrected chi connectivity index (χ2v) is 9.31. The Labute approximate surface area is 220 Å². The minimum absolute atomic E-state index is 0.0215. The van der Waals surface area contributed by atoms with Gasteiger partial charge in [-0.2, -0.15) is 13.2 Å². The molecule has 0 bridgehead atoms. The zero-order valence-electron chi connectivity index (χ0n) is 21.4. The van der Waals surface area contributed by atoms with Crippen LogP contribution in [0, 0.1) is 12.7 Å². The number of ether oxygens (including phenoxy) is 3. The normalized spacial score (nSPS) is 18.7. The number of benzene rings is 1. The Morgan fingerprint density at radius 1 is 1.18 bits per heavy atom. The van der Waals surface area contributed by atoms with Crippen LogP contribution in [0.2, 0.25) is 0 Å². The van der Waals surface area contributed by atoms with Gasteiger partial charge in [0.25, 0.3) is 12.3 Å². The molecule has 1 saturated carbocycles. The average molecular weight is 563 g/mol. The summed E-state index contributed by atoms with van der Waals surface area (Å²) < 4.78 is 98.9. The number of alkyl halides is 5. The molecule has 2 fully saturated rings. The smallest absolute Gasteiger partial charge is 0.363 e.